The van der Waals surface area contributed by atoms with Gasteiger partial charge in [-0.2, -0.15) is 0 Å². The number of hydrogen-bond donors (Lipinski definition) is 2. The van der Waals surface area contributed by atoms with E-state index in [-0.39, 0.29) is 30.2 Å². The minimum atomic E-state index is -0.305. The van der Waals surface area contributed by atoms with E-state index >= 15 is 0 Å². The molecule has 0 saturated carbocycles. The zero-order valence-electron chi connectivity index (χ0n) is 16.1. The topological polar surface area (TPSA) is 67.4 Å². The highest BCUT2D eigenvalue weighted by molar-refractivity contribution is 6.33. The van der Waals surface area contributed by atoms with Crippen LogP contribution in [-0.2, 0) is 10.2 Å². The molecule has 0 bridgehead atoms. The molecule has 2 amide bonds. The second-order valence-electron chi connectivity index (χ2n) is 7.20. The number of benzene rings is 2. The summed E-state index contributed by atoms with van der Waals surface area (Å²) in [4.78, 5) is 24.4. The smallest absolute Gasteiger partial charge is 0.252 e. The predicted molar refractivity (Wildman–Crippen MR) is 109 cm³/mol. The lowest BCUT2D eigenvalue weighted by Crippen LogP contribution is -2.28. The van der Waals surface area contributed by atoms with E-state index in [9.17, 15) is 9.59 Å². The first kappa shape index (κ1) is 20.8. The van der Waals surface area contributed by atoms with E-state index in [1.54, 1.807) is 31.4 Å². The minimum Gasteiger partial charge on any atom is -0.495 e. The molecule has 0 aromatic heterocycles. The molecule has 2 rings (SSSR count). The monoisotopic (exact) mass is 388 g/mol. The summed E-state index contributed by atoms with van der Waals surface area (Å²) in [5.41, 5.74) is 2.05. The van der Waals surface area contributed by atoms with Gasteiger partial charge in [0, 0.05) is 13.0 Å². The molecule has 0 aliphatic heterocycles. The van der Waals surface area contributed by atoms with Crippen LogP contribution in [-0.4, -0.2) is 25.5 Å². The van der Waals surface area contributed by atoms with Crippen LogP contribution in [0.2, 0.25) is 5.02 Å². The highest BCUT2D eigenvalue weighted by Crippen LogP contribution is 2.31. The SMILES string of the molecule is COc1ccc(C(C)(C)C)cc1NC(=O)CCNC(=O)c1ccccc1Cl. The molecule has 0 atom stereocenters. The average molecular weight is 389 g/mol. The Labute approximate surface area is 165 Å². The molecule has 0 saturated heterocycles. The number of amides is 2. The van der Waals surface area contributed by atoms with Gasteiger partial charge in [0.2, 0.25) is 5.91 Å². The Morgan fingerprint density at radius 3 is 2.44 bits per heavy atom. The Balaban J connectivity index is 1.96. The molecular weight excluding hydrogens is 364 g/mol. The molecule has 27 heavy (non-hydrogen) atoms. The van der Waals surface area contributed by atoms with Gasteiger partial charge in [-0.15, -0.1) is 0 Å². The summed E-state index contributed by atoms with van der Waals surface area (Å²) in [7, 11) is 1.56. The number of carbonyl (C=O) groups is 2. The number of methoxy groups -OCH3 is 1. The fourth-order valence-electron chi connectivity index (χ4n) is 2.52. The highest BCUT2D eigenvalue weighted by Gasteiger charge is 2.17. The van der Waals surface area contributed by atoms with Gasteiger partial charge in [0.25, 0.3) is 5.91 Å². The van der Waals surface area contributed by atoms with Gasteiger partial charge in [0.1, 0.15) is 5.75 Å². The molecule has 2 aromatic carbocycles. The van der Waals surface area contributed by atoms with Crippen molar-refractivity contribution >= 4 is 29.1 Å². The van der Waals surface area contributed by atoms with Gasteiger partial charge >= 0.3 is 0 Å². The Morgan fingerprint density at radius 1 is 1.11 bits per heavy atom. The highest BCUT2D eigenvalue weighted by atomic mass is 35.5. The molecule has 2 aromatic rings. The summed E-state index contributed by atoms with van der Waals surface area (Å²) >= 11 is 6.00. The Hall–Kier alpha value is -2.53. The first-order chi connectivity index (χ1) is 12.7. The predicted octanol–water partition coefficient (Wildman–Crippen LogP) is 4.40. The van der Waals surface area contributed by atoms with Crippen LogP contribution in [0, 0.1) is 0 Å². The Bertz CT molecular complexity index is 828. The van der Waals surface area contributed by atoms with Crippen molar-refractivity contribution in [2.45, 2.75) is 32.6 Å². The van der Waals surface area contributed by atoms with E-state index in [0.717, 1.165) is 5.56 Å². The summed E-state index contributed by atoms with van der Waals surface area (Å²) in [6, 6.07) is 12.5. The van der Waals surface area contributed by atoms with Gasteiger partial charge in [-0.3, -0.25) is 9.59 Å². The maximum Gasteiger partial charge on any atom is 0.252 e. The number of halogens is 1. The van der Waals surface area contributed by atoms with E-state index in [2.05, 4.69) is 31.4 Å². The van der Waals surface area contributed by atoms with Gasteiger partial charge in [0.05, 0.1) is 23.4 Å². The molecule has 144 valence electrons. The van der Waals surface area contributed by atoms with E-state index < -0.39 is 0 Å². The fraction of sp³-hybridized carbons (Fsp3) is 0.333. The van der Waals surface area contributed by atoms with E-state index in [4.69, 9.17) is 16.3 Å². The van der Waals surface area contributed by atoms with Crippen LogP contribution in [0.25, 0.3) is 0 Å². The molecule has 2 N–H and O–H groups in total. The molecule has 0 radical (unpaired) electrons. The number of anilines is 1. The lowest BCUT2D eigenvalue weighted by molar-refractivity contribution is -0.116. The standard InChI is InChI=1S/C21H25ClN2O3/c1-21(2,3)14-9-10-18(27-4)17(13-14)24-19(25)11-12-23-20(26)15-7-5-6-8-16(15)22/h5-10,13H,11-12H2,1-4H3,(H,23,26)(H,24,25). The maximum atomic E-state index is 12.3. The van der Waals surface area contributed by atoms with Crippen molar-refractivity contribution in [1.29, 1.82) is 0 Å². The van der Waals surface area contributed by atoms with Crippen LogP contribution in [0.1, 0.15) is 43.1 Å². The van der Waals surface area contributed by atoms with Crippen LogP contribution >= 0.6 is 11.6 Å². The van der Waals surface area contributed by atoms with Crippen molar-refractivity contribution in [1.82, 2.24) is 5.32 Å². The first-order valence-corrected chi connectivity index (χ1v) is 9.11. The van der Waals surface area contributed by atoms with Crippen molar-refractivity contribution in [2.24, 2.45) is 0 Å². The molecule has 0 aliphatic carbocycles. The average Bonchev–Trinajstić information content (AvgIpc) is 2.61. The van der Waals surface area contributed by atoms with Gasteiger partial charge < -0.3 is 15.4 Å². The van der Waals surface area contributed by atoms with Gasteiger partial charge in [-0.25, -0.2) is 0 Å². The first-order valence-electron chi connectivity index (χ1n) is 8.73. The third-order valence-corrected chi connectivity index (χ3v) is 4.43. The molecule has 5 nitrogen and oxygen atoms in total. The van der Waals surface area contributed by atoms with Gasteiger partial charge in [-0.1, -0.05) is 50.6 Å². The molecule has 0 spiro atoms. The van der Waals surface area contributed by atoms with Crippen LogP contribution in [0.4, 0.5) is 5.69 Å². The molecule has 0 aliphatic rings. The summed E-state index contributed by atoms with van der Waals surface area (Å²) in [5.74, 6) is 0.0796. The number of ether oxygens (including phenoxy) is 1. The minimum absolute atomic E-state index is 0.0469. The van der Waals surface area contributed by atoms with Gasteiger partial charge in [0.15, 0.2) is 0 Å². The van der Waals surface area contributed by atoms with Crippen molar-refractivity contribution in [2.75, 3.05) is 19.0 Å². The third kappa shape index (κ3) is 5.73. The van der Waals surface area contributed by atoms with E-state index in [1.165, 1.54) is 0 Å². The number of rotatable bonds is 6. The number of hydrogen-bond acceptors (Lipinski definition) is 3. The van der Waals surface area contributed by atoms with Crippen molar-refractivity contribution in [3.05, 3.63) is 58.6 Å². The maximum absolute atomic E-state index is 12.3. The second kappa shape index (κ2) is 8.91. The quantitative estimate of drug-likeness (QED) is 0.770. The van der Waals surface area contributed by atoms with Crippen molar-refractivity contribution in [3.8, 4) is 5.75 Å². The summed E-state index contributed by atoms with van der Waals surface area (Å²) in [6.45, 7) is 6.51. The lowest BCUT2D eigenvalue weighted by Gasteiger charge is -2.21. The fourth-order valence-corrected chi connectivity index (χ4v) is 2.74. The molecular formula is C21H25ClN2O3. The lowest BCUT2D eigenvalue weighted by atomic mass is 9.87. The van der Waals surface area contributed by atoms with Crippen molar-refractivity contribution in [3.63, 3.8) is 0 Å². The molecule has 6 heteroatoms. The summed E-state index contributed by atoms with van der Waals surface area (Å²) in [5, 5.41) is 5.94. The Morgan fingerprint density at radius 2 is 1.81 bits per heavy atom. The van der Waals surface area contributed by atoms with Crippen LogP contribution in [0.3, 0.4) is 0 Å². The van der Waals surface area contributed by atoms with Crippen LogP contribution < -0.4 is 15.4 Å². The summed E-state index contributed by atoms with van der Waals surface area (Å²) in [6.07, 6.45) is 0.138. The largest absolute Gasteiger partial charge is 0.495 e. The third-order valence-electron chi connectivity index (χ3n) is 4.10. The van der Waals surface area contributed by atoms with Crippen molar-refractivity contribution < 1.29 is 14.3 Å². The summed E-state index contributed by atoms with van der Waals surface area (Å²) < 4.78 is 5.33. The van der Waals surface area contributed by atoms with Crippen LogP contribution in [0.15, 0.2) is 42.5 Å². The zero-order valence-corrected chi connectivity index (χ0v) is 16.8. The second-order valence-corrected chi connectivity index (χ2v) is 7.61. The number of nitrogens with one attached hydrogen (secondary N) is 2. The van der Waals surface area contributed by atoms with E-state index in [1.807, 2.05) is 18.2 Å². The normalized spacial score (nSPS) is 11.0. The van der Waals surface area contributed by atoms with Crippen LogP contribution in [0.5, 0.6) is 5.75 Å². The number of carbonyl (C=O) groups excluding carboxylic acids is 2. The molecule has 0 unspecified atom stereocenters. The Kier molecular flexibility index (Phi) is 6.86. The molecule has 0 heterocycles. The molecule has 0 fully saturated rings. The van der Waals surface area contributed by atoms with E-state index in [0.29, 0.717) is 22.0 Å². The zero-order chi connectivity index (χ0) is 20.0. The van der Waals surface area contributed by atoms with Gasteiger partial charge in [-0.05, 0) is 35.2 Å².